The van der Waals surface area contributed by atoms with Crippen LogP contribution in [-0.2, 0) is 14.3 Å². The molecule has 88 valence electrons. The summed E-state index contributed by atoms with van der Waals surface area (Å²) >= 11 is 0. The Kier molecular flexibility index (Phi) is 6.46. The summed E-state index contributed by atoms with van der Waals surface area (Å²) in [4.78, 5) is 0. The number of hydrogen-bond acceptors (Lipinski definition) is 4. The minimum absolute atomic E-state index is 1.12. The monoisotopic (exact) mass is 272 g/mol. The molecule has 0 bridgehead atoms. The van der Waals surface area contributed by atoms with Gasteiger partial charge in [-0.05, 0) is 19.6 Å². The summed E-state index contributed by atoms with van der Waals surface area (Å²) in [7, 11) is -5.61. The second-order valence-corrected chi connectivity index (χ2v) is 9.91. The van der Waals surface area contributed by atoms with Gasteiger partial charge in [0.1, 0.15) is 0 Å². The zero-order valence-corrected chi connectivity index (χ0v) is 11.1. The summed E-state index contributed by atoms with van der Waals surface area (Å²) in [5.74, 6) is 0. The van der Waals surface area contributed by atoms with Crippen molar-refractivity contribution in [2.75, 3.05) is 0 Å². The summed E-state index contributed by atoms with van der Waals surface area (Å²) in [5.41, 5.74) is -5.65. The molecule has 1 atom stereocenters. The van der Waals surface area contributed by atoms with E-state index < -0.39 is 23.9 Å². The lowest BCUT2D eigenvalue weighted by Gasteiger charge is -2.08. The van der Waals surface area contributed by atoms with Gasteiger partial charge in [-0.2, -0.15) is 13.2 Å². The highest BCUT2D eigenvalue weighted by atomic mass is 32.2. The normalized spacial score (nSPS) is 13.4. The molecule has 10 heteroatoms. The molecule has 4 nitrogen and oxygen atoms in total. The van der Waals surface area contributed by atoms with Crippen LogP contribution in [-0.4, -0.2) is 26.8 Å². The van der Waals surface area contributed by atoms with Crippen LogP contribution < -0.4 is 0 Å². The van der Waals surface area contributed by atoms with Crippen molar-refractivity contribution in [2.45, 2.75) is 25.1 Å². The average Bonchev–Trinajstić information content (AvgIpc) is 1.82. The molecule has 0 aromatic carbocycles. The van der Waals surface area contributed by atoms with Gasteiger partial charge in [-0.1, -0.05) is 0 Å². The van der Waals surface area contributed by atoms with E-state index in [1.807, 2.05) is 0 Å². The summed E-state index contributed by atoms with van der Waals surface area (Å²) in [6.45, 7) is 6.50. The second-order valence-electron chi connectivity index (χ2n) is 3.16. The quantitative estimate of drug-likeness (QED) is 0.313. The van der Waals surface area contributed by atoms with E-state index in [9.17, 15) is 13.2 Å². The van der Waals surface area contributed by atoms with Gasteiger partial charge in [-0.15, -0.1) is 0 Å². The van der Waals surface area contributed by atoms with Gasteiger partial charge < -0.3 is 4.55 Å². The van der Waals surface area contributed by atoms with Crippen LogP contribution in [0.2, 0.25) is 19.6 Å². The van der Waals surface area contributed by atoms with E-state index in [1.165, 1.54) is 0 Å². The van der Waals surface area contributed by atoms with Crippen LogP contribution in [0.4, 0.5) is 13.2 Å². The van der Waals surface area contributed by atoms with Gasteiger partial charge in [-0.3, -0.25) is 4.21 Å². The zero-order chi connectivity index (χ0) is 12.2. The maximum atomic E-state index is 10.7. The van der Waals surface area contributed by atoms with Crippen LogP contribution in [0.5, 0.6) is 0 Å². The van der Waals surface area contributed by atoms with Crippen molar-refractivity contribution >= 4 is 27.9 Å². The Hall–Kier alpha value is 0.307. The molecule has 0 aromatic heterocycles. The fourth-order valence-corrected chi connectivity index (χ4v) is 0. The molecular weight excluding hydrogens is 260 g/mol. The van der Waals surface area contributed by atoms with Crippen LogP contribution in [0.15, 0.2) is 0 Å². The topological polar surface area (TPSA) is 66.4 Å². The molecule has 0 aliphatic rings. The Morgan fingerprint density at radius 1 is 1.29 bits per heavy atom. The Morgan fingerprint density at radius 2 is 1.43 bits per heavy atom. The predicted molar refractivity (Wildman–Crippen MR) is 51.3 cm³/mol. The smallest absolute Gasteiger partial charge is 0.485 e. The van der Waals surface area contributed by atoms with Gasteiger partial charge in [0, 0.05) is 0 Å². The maximum Gasteiger partial charge on any atom is 0.485 e. The molecule has 0 saturated heterocycles. The molecule has 1 unspecified atom stereocenters. The SMILES string of the molecule is C[Si](C)(C)O[PH3+].O=S(=O)([O-])C(F)(F)F. The van der Waals surface area contributed by atoms with E-state index in [1.54, 1.807) is 9.47 Å². The summed E-state index contributed by atoms with van der Waals surface area (Å²) in [5, 5.41) is 0. The molecular formula is C4H12F3O4PSSi. The zero-order valence-electron chi connectivity index (χ0n) is 7.88. The fourth-order valence-electron chi connectivity index (χ4n) is 0. The van der Waals surface area contributed by atoms with Gasteiger partial charge in [0.2, 0.25) is 8.32 Å². The number of rotatable bonds is 1. The Balaban J connectivity index is 0. The van der Waals surface area contributed by atoms with Crippen molar-refractivity contribution in [2.24, 2.45) is 0 Å². The first-order valence-corrected chi connectivity index (χ1v) is 8.66. The largest absolute Gasteiger partial charge is 0.741 e. The maximum absolute atomic E-state index is 10.7. The molecule has 14 heavy (non-hydrogen) atoms. The first-order valence-electron chi connectivity index (χ1n) is 3.26. The van der Waals surface area contributed by atoms with Crippen LogP contribution in [0.1, 0.15) is 0 Å². The van der Waals surface area contributed by atoms with E-state index >= 15 is 0 Å². The Morgan fingerprint density at radius 3 is 1.43 bits per heavy atom. The highest BCUT2D eigenvalue weighted by Gasteiger charge is 2.36. The summed E-state index contributed by atoms with van der Waals surface area (Å²) in [6, 6.07) is 0. The van der Waals surface area contributed by atoms with Gasteiger partial charge in [0.05, 0.1) is 9.47 Å². The third-order valence-corrected chi connectivity index (χ3v) is 4.75. The molecule has 0 amide bonds. The van der Waals surface area contributed by atoms with Crippen molar-refractivity contribution in [1.29, 1.82) is 0 Å². The molecule has 0 aromatic rings. The van der Waals surface area contributed by atoms with Crippen LogP contribution in [0, 0.1) is 0 Å². The highest BCUT2D eigenvalue weighted by Crippen LogP contribution is 2.20. The minimum Gasteiger partial charge on any atom is -0.741 e. The second kappa shape index (κ2) is 5.41. The summed E-state index contributed by atoms with van der Waals surface area (Å²) < 4.78 is 64.0. The molecule has 0 radical (unpaired) electrons. The predicted octanol–water partition coefficient (Wildman–Crippen LogP) is 1.41. The van der Waals surface area contributed by atoms with Gasteiger partial charge >= 0.3 is 5.51 Å². The van der Waals surface area contributed by atoms with Crippen molar-refractivity contribution < 1.29 is 30.4 Å². The van der Waals surface area contributed by atoms with E-state index in [4.69, 9.17) is 17.2 Å². The number of hydrogen-bond donors (Lipinski definition) is 0. The van der Waals surface area contributed by atoms with Crippen LogP contribution in [0.25, 0.3) is 0 Å². The van der Waals surface area contributed by atoms with Gasteiger partial charge in [0.15, 0.2) is 10.1 Å². The van der Waals surface area contributed by atoms with E-state index in [0.29, 0.717) is 0 Å². The van der Waals surface area contributed by atoms with Crippen molar-refractivity contribution in [3.63, 3.8) is 0 Å². The third kappa shape index (κ3) is 10.4. The Labute approximate surface area is 84.0 Å². The molecule has 0 spiro atoms. The van der Waals surface area contributed by atoms with Crippen molar-refractivity contribution in [3.8, 4) is 0 Å². The van der Waals surface area contributed by atoms with Crippen molar-refractivity contribution in [3.05, 3.63) is 0 Å². The molecule has 0 fully saturated rings. The molecule has 0 saturated carbocycles. The van der Waals surface area contributed by atoms with Gasteiger partial charge in [0.25, 0.3) is 0 Å². The third-order valence-electron chi connectivity index (χ3n) is 0.716. The van der Waals surface area contributed by atoms with Gasteiger partial charge in [-0.25, -0.2) is 8.42 Å². The molecule has 0 rings (SSSR count). The highest BCUT2D eigenvalue weighted by molar-refractivity contribution is 7.86. The molecule has 0 aliphatic heterocycles. The van der Waals surface area contributed by atoms with E-state index in [2.05, 4.69) is 19.6 Å². The van der Waals surface area contributed by atoms with Crippen LogP contribution in [0.3, 0.4) is 0 Å². The number of alkyl halides is 3. The molecule has 0 aliphatic carbocycles. The first-order chi connectivity index (χ1) is 5.81. The first kappa shape index (κ1) is 16.7. The van der Waals surface area contributed by atoms with Crippen molar-refractivity contribution in [1.82, 2.24) is 0 Å². The standard InChI is InChI=1S/C3H12OPSi.CHF3O3S/c1-6(2,3)4-5;2-1(3,4)8(5,6)7/h1-3,5H3;(H,5,6,7)/q+1;/p-1. The molecule has 0 N–H and O–H groups in total. The van der Waals surface area contributed by atoms with E-state index in [0.717, 1.165) is 0 Å². The lowest BCUT2D eigenvalue weighted by molar-refractivity contribution is -0.0517. The summed E-state index contributed by atoms with van der Waals surface area (Å²) in [6.07, 6.45) is 0. The lowest BCUT2D eigenvalue weighted by Crippen LogP contribution is -2.21. The lowest BCUT2D eigenvalue weighted by atomic mass is 11.6. The fraction of sp³-hybridized carbons (Fsp3) is 1.00. The van der Waals surface area contributed by atoms with E-state index in [-0.39, 0.29) is 0 Å². The van der Waals surface area contributed by atoms with Crippen LogP contribution >= 0.6 is 9.47 Å². The number of halogens is 3. The minimum atomic E-state index is -6.09. The average molecular weight is 272 g/mol. The Bertz CT molecular complexity index is 257. The molecule has 0 heterocycles.